The van der Waals surface area contributed by atoms with Gasteiger partial charge in [0.05, 0.1) is 11.7 Å². The van der Waals surface area contributed by atoms with Crippen molar-refractivity contribution in [2.45, 2.75) is 32.7 Å². The van der Waals surface area contributed by atoms with E-state index in [-0.39, 0.29) is 11.5 Å². The van der Waals surface area contributed by atoms with Crippen molar-refractivity contribution in [2.24, 2.45) is 0 Å². The van der Waals surface area contributed by atoms with Crippen molar-refractivity contribution < 1.29 is 4.79 Å². The molecule has 2 aromatic heterocycles. The Balaban J connectivity index is 1.97. The van der Waals surface area contributed by atoms with Gasteiger partial charge in [-0.1, -0.05) is 13.8 Å². The van der Waals surface area contributed by atoms with Crippen molar-refractivity contribution in [3.05, 3.63) is 27.6 Å². The number of aryl methyl sites for hydroxylation is 1. The van der Waals surface area contributed by atoms with Crippen LogP contribution >= 0.6 is 11.3 Å². The molecule has 0 radical (unpaired) electrons. The molecule has 3 heterocycles. The number of carbonyl (C=O) groups is 1. The molecule has 0 aliphatic carbocycles. The third kappa shape index (κ3) is 3.03. The average molecular weight is 334 g/mol. The van der Waals surface area contributed by atoms with Crippen molar-refractivity contribution in [3.8, 4) is 0 Å². The summed E-state index contributed by atoms with van der Waals surface area (Å²) in [5, 5.41) is 3.86. The zero-order chi connectivity index (χ0) is 16.4. The molecule has 1 N–H and O–H groups in total. The molecule has 6 nitrogen and oxygen atoms in total. The maximum atomic E-state index is 12.8. The van der Waals surface area contributed by atoms with Gasteiger partial charge in [-0.05, 0) is 18.9 Å². The Bertz CT molecular complexity index is 761. The first-order chi connectivity index (χ1) is 11.2. The first-order valence-electron chi connectivity index (χ1n) is 8.14. The van der Waals surface area contributed by atoms with Crippen LogP contribution < -0.4 is 10.9 Å². The van der Waals surface area contributed by atoms with E-state index in [0.717, 1.165) is 29.2 Å². The first-order valence-corrected chi connectivity index (χ1v) is 8.96. The van der Waals surface area contributed by atoms with Crippen molar-refractivity contribution in [1.82, 2.24) is 19.8 Å². The van der Waals surface area contributed by atoms with Crippen LogP contribution in [0.5, 0.6) is 0 Å². The first kappa shape index (κ1) is 16.1. The van der Waals surface area contributed by atoms with E-state index in [1.165, 1.54) is 10.9 Å². The highest BCUT2D eigenvalue weighted by atomic mass is 32.1. The highest BCUT2D eigenvalue weighted by Gasteiger charge is 2.27. The van der Waals surface area contributed by atoms with E-state index in [1.54, 1.807) is 11.3 Å². The number of hydrogen-bond acceptors (Lipinski definition) is 5. The lowest BCUT2D eigenvalue weighted by Crippen LogP contribution is -2.49. The topological polar surface area (TPSA) is 67.2 Å². The monoisotopic (exact) mass is 334 g/mol. The number of rotatable bonds is 4. The van der Waals surface area contributed by atoms with E-state index >= 15 is 0 Å². The molecule has 1 aliphatic heterocycles. The Hall–Kier alpha value is -1.73. The Morgan fingerprint density at radius 3 is 2.78 bits per heavy atom. The normalized spacial score (nSPS) is 16.7. The quantitative estimate of drug-likeness (QED) is 0.918. The van der Waals surface area contributed by atoms with Crippen LogP contribution in [0.3, 0.4) is 0 Å². The molecule has 1 amide bonds. The number of nitrogens with zero attached hydrogens (tertiary/aromatic N) is 3. The van der Waals surface area contributed by atoms with Gasteiger partial charge in [0.15, 0.2) is 0 Å². The molecule has 0 spiro atoms. The number of piperazine rings is 1. The van der Waals surface area contributed by atoms with Crippen LogP contribution in [0.25, 0.3) is 10.2 Å². The summed E-state index contributed by atoms with van der Waals surface area (Å²) in [6.45, 7) is 6.99. The summed E-state index contributed by atoms with van der Waals surface area (Å²) < 4.78 is 1.51. The van der Waals surface area contributed by atoms with Crippen molar-refractivity contribution in [2.75, 3.05) is 26.2 Å². The van der Waals surface area contributed by atoms with Crippen LogP contribution in [-0.4, -0.2) is 46.5 Å². The molecule has 1 aliphatic rings. The second kappa shape index (κ2) is 6.80. The molecule has 124 valence electrons. The number of hydrogen-bond donors (Lipinski definition) is 1. The lowest BCUT2D eigenvalue weighted by molar-refractivity contribution is -0.135. The fourth-order valence-electron chi connectivity index (χ4n) is 2.97. The molecule has 0 aromatic carbocycles. The summed E-state index contributed by atoms with van der Waals surface area (Å²) >= 11 is 1.55. The third-order valence-corrected chi connectivity index (χ3v) is 5.50. The van der Waals surface area contributed by atoms with Crippen LogP contribution in [0, 0.1) is 0 Å². The van der Waals surface area contributed by atoms with Gasteiger partial charge in [0, 0.05) is 31.1 Å². The molecule has 1 atom stereocenters. The fraction of sp³-hybridized carbons (Fsp3) is 0.562. The lowest BCUT2D eigenvalue weighted by atomic mass is 10.1. The third-order valence-electron chi connectivity index (χ3n) is 4.31. The van der Waals surface area contributed by atoms with E-state index in [1.807, 2.05) is 17.9 Å². The largest absolute Gasteiger partial charge is 0.338 e. The van der Waals surface area contributed by atoms with Crippen LogP contribution in [0.4, 0.5) is 0 Å². The smallest absolute Gasteiger partial charge is 0.262 e. The summed E-state index contributed by atoms with van der Waals surface area (Å²) in [5.41, 5.74) is -0.110. The molecule has 0 bridgehead atoms. The maximum Gasteiger partial charge on any atom is 0.262 e. The molecule has 2 aromatic rings. The van der Waals surface area contributed by atoms with E-state index in [2.05, 4.69) is 17.2 Å². The molecule has 1 saturated heterocycles. The number of nitrogens with one attached hydrogen (secondary N) is 1. The minimum absolute atomic E-state index is 0.0168. The molecule has 1 unspecified atom stereocenters. The summed E-state index contributed by atoms with van der Waals surface area (Å²) in [7, 11) is 0. The van der Waals surface area contributed by atoms with Gasteiger partial charge in [-0.2, -0.15) is 0 Å². The minimum atomic E-state index is -0.470. The minimum Gasteiger partial charge on any atom is -0.338 e. The van der Waals surface area contributed by atoms with Crippen molar-refractivity contribution in [3.63, 3.8) is 0 Å². The second-order valence-corrected chi connectivity index (χ2v) is 6.86. The predicted molar refractivity (Wildman–Crippen MR) is 92.0 cm³/mol. The summed E-state index contributed by atoms with van der Waals surface area (Å²) in [4.78, 5) is 33.7. The van der Waals surface area contributed by atoms with Crippen molar-refractivity contribution >= 4 is 27.5 Å². The number of carbonyl (C=O) groups excluding carboxylic acids is 1. The number of amides is 1. The van der Waals surface area contributed by atoms with Gasteiger partial charge in [0.1, 0.15) is 10.9 Å². The van der Waals surface area contributed by atoms with Crippen LogP contribution in [0.2, 0.25) is 0 Å². The van der Waals surface area contributed by atoms with E-state index in [4.69, 9.17) is 0 Å². The van der Waals surface area contributed by atoms with Gasteiger partial charge in [0.25, 0.3) is 5.56 Å². The Morgan fingerprint density at radius 1 is 1.39 bits per heavy atom. The molecule has 0 saturated carbocycles. The van der Waals surface area contributed by atoms with Crippen LogP contribution in [0.15, 0.2) is 17.2 Å². The number of thiophene rings is 1. The average Bonchev–Trinajstić information content (AvgIpc) is 3.02. The van der Waals surface area contributed by atoms with E-state index < -0.39 is 6.04 Å². The highest BCUT2D eigenvalue weighted by molar-refractivity contribution is 7.18. The standard InChI is InChI=1S/C16H22N4O2S/c1-3-11-9-12-14(23-11)18-10-20(15(12)21)13(4-2)16(22)19-7-5-17-6-8-19/h9-10,13,17H,3-8H2,1-2H3. The zero-order valence-corrected chi connectivity index (χ0v) is 14.4. The summed E-state index contributed by atoms with van der Waals surface area (Å²) in [6, 6.07) is 1.44. The zero-order valence-electron chi connectivity index (χ0n) is 13.5. The van der Waals surface area contributed by atoms with E-state index in [0.29, 0.717) is 24.9 Å². The van der Waals surface area contributed by atoms with Gasteiger partial charge in [0.2, 0.25) is 5.91 Å². The Kier molecular flexibility index (Phi) is 4.77. The summed E-state index contributed by atoms with van der Waals surface area (Å²) in [6.07, 6.45) is 3.01. The van der Waals surface area contributed by atoms with Gasteiger partial charge in [-0.25, -0.2) is 4.98 Å². The Morgan fingerprint density at radius 2 is 2.13 bits per heavy atom. The number of aromatic nitrogens is 2. The van der Waals surface area contributed by atoms with Crippen molar-refractivity contribution in [1.29, 1.82) is 0 Å². The number of fused-ring (bicyclic) bond motifs is 1. The second-order valence-electron chi connectivity index (χ2n) is 5.74. The molecule has 7 heteroatoms. The fourth-order valence-corrected chi connectivity index (χ4v) is 3.89. The van der Waals surface area contributed by atoms with Crippen LogP contribution in [-0.2, 0) is 11.2 Å². The molecule has 23 heavy (non-hydrogen) atoms. The molecular weight excluding hydrogens is 312 g/mol. The van der Waals surface area contributed by atoms with Gasteiger partial charge in [-0.3, -0.25) is 14.2 Å². The lowest BCUT2D eigenvalue weighted by Gasteiger charge is -2.31. The summed E-state index contributed by atoms with van der Waals surface area (Å²) in [5.74, 6) is 0.0168. The highest BCUT2D eigenvalue weighted by Crippen LogP contribution is 2.22. The molecule has 1 fully saturated rings. The predicted octanol–water partition coefficient (Wildman–Crippen LogP) is 1.40. The van der Waals surface area contributed by atoms with Crippen LogP contribution in [0.1, 0.15) is 31.2 Å². The Labute approximate surface area is 139 Å². The molecular formula is C16H22N4O2S. The maximum absolute atomic E-state index is 12.8. The molecule has 3 rings (SSSR count). The van der Waals surface area contributed by atoms with Gasteiger partial charge in [-0.15, -0.1) is 11.3 Å². The van der Waals surface area contributed by atoms with Gasteiger partial charge >= 0.3 is 0 Å². The van der Waals surface area contributed by atoms with E-state index in [9.17, 15) is 9.59 Å². The SMILES string of the molecule is CCc1cc2c(=O)n(C(CC)C(=O)N3CCNCC3)cnc2s1. The van der Waals surface area contributed by atoms with Gasteiger partial charge < -0.3 is 10.2 Å².